The SMILES string of the molecule is COCCc1ccc2c3c(ccc2c1)[N+](CCCCCC(=O)O)=C(C=CC=C1N(CCOC)c2ccc4cc(S(=O)(=O)[O-])ccc4c2C1(C)CCCS(=O)(=O)[O-])C3(C)CCCS(=O)(=O)[O-]. The van der Waals surface area contributed by atoms with E-state index >= 15 is 0 Å². The minimum atomic E-state index is -4.78. The van der Waals surface area contributed by atoms with Crippen LogP contribution in [0.25, 0.3) is 21.5 Å². The number of benzene rings is 4. The van der Waals surface area contributed by atoms with Gasteiger partial charge in [0.25, 0.3) is 0 Å². The second-order valence-corrected chi connectivity index (χ2v) is 21.7. The van der Waals surface area contributed by atoms with E-state index in [0.29, 0.717) is 69.2 Å². The molecular weight excluding hydrogens is 897 g/mol. The van der Waals surface area contributed by atoms with Crippen molar-refractivity contribution in [1.82, 2.24) is 0 Å². The van der Waals surface area contributed by atoms with Crippen LogP contribution in [-0.2, 0) is 61.9 Å². The Bertz CT molecular complexity index is 2890. The first kappa shape index (κ1) is 49.9. The lowest BCUT2D eigenvalue weighted by Gasteiger charge is -2.31. The number of carbonyl (C=O) groups is 1. The second kappa shape index (κ2) is 20.1. The second-order valence-electron chi connectivity index (χ2n) is 17.2. The Kier molecular flexibility index (Phi) is 15.5. The van der Waals surface area contributed by atoms with Crippen molar-refractivity contribution in [1.29, 1.82) is 0 Å². The Hall–Kier alpha value is -4.53. The van der Waals surface area contributed by atoms with E-state index in [1.54, 1.807) is 26.4 Å². The molecule has 2 unspecified atom stereocenters. The zero-order valence-electron chi connectivity index (χ0n) is 37.1. The molecule has 2 aliphatic heterocycles. The number of methoxy groups -OCH3 is 2. The average Bonchev–Trinajstić information content (AvgIpc) is 3.60. The molecule has 1 N–H and O–H groups in total. The number of allylic oxidation sites excluding steroid dienone is 4. The van der Waals surface area contributed by atoms with Gasteiger partial charge in [0.1, 0.15) is 16.7 Å². The van der Waals surface area contributed by atoms with E-state index in [2.05, 4.69) is 22.8 Å². The quantitative estimate of drug-likeness (QED) is 0.0469. The molecule has 65 heavy (non-hydrogen) atoms. The third kappa shape index (κ3) is 11.4. The zero-order valence-corrected chi connectivity index (χ0v) is 39.5. The zero-order chi connectivity index (χ0) is 47.4. The molecule has 0 bridgehead atoms. The predicted molar refractivity (Wildman–Crippen MR) is 246 cm³/mol. The molecule has 18 heteroatoms. The summed E-state index contributed by atoms with van der Waals surface area (Å²) in [4.78, 5) is 13.0. The lowest BCUT2D eigenvalue weighted by Crippen LogP contribution is -2.32. The number of hydrogen-bond donors (Lipinski definition) is 1. The molecule has 4 aromatic rings. The number of ether oxygens (including phenoxy) is 2. The smallest absolute Gasteiger partial charge is 0.303 e. The summed E-state index contributed by atoms with van der Waals surface area (Å²) in [6.45, 7) is 5.69. The molecule has 2 aliphatic rings. The third-order valence-electron chi connectivity index (χ3n) is 12.8. The number of fused-ring (bicyclic) bond motifs is 6. The highest BCUT2D eigenvalue weighted by Gasteiger charge is 2.49. The van der Waals surface area contributed by atoms with Gasteiger partial charge in [0.15, 0.2) is 5.71 Å². The number of nitrogens with zero attached hydrogens (tertiary/aromatic N) is 2. The summed E-state index contributed by atoms with van der Waals surface area (Å²) < 4.78 is 121. The van der Waals surface area contributed by atoms with Crippen molar-refractivity contribution < 1.29 is 62.9 Å². The van der Waals surface area contributed by atoms with Crippen molar-refractivity contribution in [2.75, 3.05) is 56.9 Å². The van der Waals surface area contributed by atoms with Gasteiger partial charge < -0.3 is 33.1 Å². The fourth-order valence-electron chi connectivity index (χ4n) is 9.79. The normalized spacial score (nSPS) is 19.6. The molecule has 0 saturated heterocycles. The van der Waals surface area contributed by atoms with Crippen molar-refractivity contribution in [3.05, 3.63) is 101 Å². The van der Waals surface area contributed by atoms with Gasteiger partial charge in [0.2, 0.25) is 5.69 Å². The number of unbranched alkanes of at least 4 members (excludes halogenated alkanes) is 2. The van der Waals surface area contributed by atoms with Gasteiger partial charge in [-0.2, -0.15) is 4.58 Å². The predicted octanol–water partition coefficient (Wildman–Crippen LogP) is 6.60. The molecule has 0 radical (unpaired) electrons. The lowest BCUT2D eigenvalue weighted by molar-refractivity contribution is -0.438. The van der Waals surface area contributed by atoms with Crippen LogP contribution in [-0.4, -0.2) is 112 Å². The molecule has 0 saturated carbocycles. The topological polar surface area (TPSA) is 234 Å². The molecule has 4 aromatic carbocycles. The van der Waals surface area contributed by atoms with Crippen molar-refractivity contribution in [2.24, 2.45) is 0 Å². The molecule has 0 aromatic heterocycles. The van der Waals surface area contributed by atoms with Crippen LogP contribution in [0.4, 0.5) is 11.4 Å². The van der Waals surface area contributed by atoms with Crippen molar-refractivity contribution in [3.63, 3.8) is 0 Å². The van der Waals surface area contributed by atoms with Crippen LogP contribution in [0.15, 0.2) is 89.5 Å². The maximum Gasteiger partial charge on any atom is 0.303 e. The van der Waals surface area contributed by atoms with Crippen molar-refractivity contribution in [2.45, 2.75) is 87.4 Å². The first-order valence-electron chi connectivity index (χ1n) is 21.6. The van der Waals surface area contributed by atoms with E-state index in [1.807, 2.05) is 55.2 Å². The molecule has 0 fully saturated rings. The molecule has 6 rings (SSSR count). The van der Waals surface area contributed by atoms with Crippen LogP contribution in [0.2, 0.25) is 0 Å². The van der Waals surface area contributed by atoms with E-state index in [9.17, 15) is 48.8 Å². The van der Waals surface area contributed by atoms with Crippen LogP contribution in [0.1, 0.15) is 81.9 Å². The Morgan fingerprint density at radius 1 is 0.754 bits per heavy atom. The van der Waals surface area contributed by atoms with Gasteiger partial charge in [-0.15, -0.1) is 0 Å². The fraction of sp³-hybridized carbons (Fsp3) is 0.447. The standard InChI is InChI=1S/C47H58N2O13S3/c1-46(23-9-29-63(52,53)54)41(48(25-7-5-6-13-43(50)51)39-20-15-34-31-33(22-27-61-3)14-18-37(34)44(39)46)11-8-12-42-47(2,24-10-30-64(55,56)57)45-38-19-17-36(65(58,59)60)32-35(38)16-21-40(45)49(42)26-28-62-4/h8,11-12,14-21,31-32H,5-7,9-10,13,22-30H2,1-4H3,(H3-,50,51,52,53,54,55,56,57,58,59,60)/p-2. The largest absolute Gasteiger partial charge is 0.748 e. The van der Waals surface area contributed by atoms with Crippen LogP contribution in [0.5, 0.6) is 0 Å². The van der Waals surface area contributed by atoms with E-state index in [0.717, 1.165) is 50.2 Å². The Labute approximate surface area is 381 Å². The Morgan fingerprint density at radius 2 is 1.38 bits per heavy atom. The summed E-state index contributed by atoms with van der Waals surface area (Å²) in [6.07, 6.45) is 8.89. The van der Waals surface area contributed by atoms with E-state index in [-0.39, 0.29) is 25.7 Å². The molecule has 352 valence electrons. The maximum atomic E-state index is 12.0. The number of aliphatic carboxylic acids is 1. The first-order valence-corrected chi connectivity index (χ1v) is 26.1. The van der Waals surface area contributed by atoms with Gasteiger partial charge in [-0.1, -0.05) is 36.4 Å². The fourth-order valence-corrected chi connectivity index (χ4v) is 11.3. The van der Waals surface area contributed by atoms with Gasteiger partial charge in [0.05, 0.1) is 43.8 Å². The van der Waals surface area contributed by atoms with E-state index < -0.39 is 63.6 Å². The monoisotopic (exact) mass is 952 g/mol. The maximum absolute atomic E-state index is 12.0. The van der Waals surface area contributed by atoms with Crippen LogP contribution in [0.3, 0.4) is 0 Å². The van der Waals surface area contributed by atoms with Gasteiger partial charge in [-0.25, -0.2) is 25.3 Å². The number of carboxylic acids is 1. The number of carboxylic acid groups (broad SMARTS) is 1. The van der Waals surface area contributed by atoms with Gasteiger partial charge in [0, 0.05) is 79.6 Å². The minimum Gasteiger partial charge on any atom is -0.748 e. The van der Waals surface area contributed by atoms with Gasteiger partial charge in [-0.3, -0.25) is 4.79 Å². The molecule has 0 aliphatic carbocycles. The van der Waals surface area contributed by atoms with Gasteiger partial charge in [-0.05, 0) is 122 Å². The Morgan fingerprint density at radius 3 is 2.03 bits per heavy atom. The summed E-state index contributed by atoms with van der Waals surface area (Å²) in [5.74, 6) is -2.04. The first-order chi connectivity index (χ1) is 30.6. The highest BCUT2D eigenvalue weighted by Crippen LogP contribution is 2.54. The molecule has 0 spiro atoms. The number of rotatable bonds is 23. The van der Waals surface area contributed by atoms with Crippen LogP contribution >= 0.6 is 0 Å². The molecule has 2 heterocycles. The highest BCUT2D eigenvalue weighted by molar-refractivity contribution is 7.86. The lowest BCUT2D eigenvalue weighted by atomic mass is 9.73. The summed E-state index contributed by atoms with van der Waals surface area (Å²) in [6, 6.07) is 18.0. The molecule has 0 amide bonds. The van der Waals surface area contributed by atoms with Crippen molar-refractivity contribution >= 4 is 75.0 Å². The summed E-state index contributed by atoms with van der Waals surface area (Å²) in [5.41, 5.74) is 4.26. The average molecular weight is 953 g/mol. The van der Waals surface area contributed by atoms with Crippen LogP contribution in [0, 0.1) is 0 Å². The highest BCUT2D eigenvalue weighted by atomic mass is 32.2. The van der Waals surface area contributed by atoms with Crippen molar-refractivity contribution in [3.8, 4) is 0 Å². The van der Waals surface area contributed by atoms with Gasteiger partial charge >= 0.3 is 5.97 Å². The third-order valence-corrected chi connectivity index (χ3v) is 15.2. The minimum absolute atomic E-state index is 0.00759. The van der Waals surface area contributed by atoms with E-state index in [4.69, 9.17) is 9.47 Å². The van der Waals surface area contributed by atoms with Crippen LogP contribution < -0.4 is 4.90 Å². The molecule has 15 nitrogen and oxygen atoms in total. The summed E-state index contributed by atoms with van der Waals surface area (Å²) in [7, 11) is -10.7. The number of anilines is 1. The number of hydrogen-bond acceptors (Lipinski definition) is 13. The van der Waals surface area contributed by atoms with E-state index in [1.165, 1.54) is 12.1 Å². The summed E-state index contributed by atoms with van der Waals surface area (Å²) in [5, 5.41) is 12.4. The molecular formula is C47H56N2O13S3-2. The molecule has 2 atom stereocenters. The Balaban J connectivity index is 1.54. The summed E-state index contributed by atoms with van der Waals surface area (Å²) >= 11 is 0.